The molecule has 0 saturated heterocycles. The molecular formula is C23H27FN2O2. The average Bonchev–Trinajstić information content (AvgIpc) is 2.69. The first kappa shape index (κ1) is 20.1. The van der Waals surface area contributed by atoms with E-state index in [1.54, 1.807) is 12.1 Å². The van der Waals surface area contributed by atoms with Gasteiger partial charge in [0.1, 0.15) is 5.82 Å². The summed E-state index contributed by atoms with van der Waals surface area (Å²) in [5, 5.41) is 5.91. The van der Waals surface area contributed by atoms with Gasteiger partial charge in [-0.1, -0.05) is 43.5 Å². The zero-order valence-corrected chi connectivity index (χ0v) is 16.4. The molecule has 2 amide bonds. The standard InChI is InChI=1S/C23H27FN2O2/c1-16(18-6-10-20(24)11-7-18)25-22(28)23(14-4-3-5-15-23)19-8-12-21(13-9-19)26-17(2)27/h6-13,16H,3-5,14-15H2,1-2H3,(H,25,28)(H,26,27)/t16-/m1/s1. The largest absolute Gasteiger partial charge is 0.349 e. The molecule has 28 heavy (non-hydrogen) atoms. The van der Waals surface area contributed by atoms with Crippen molar-refractivity contribution in [2.45, 2.75) is 57.4 Å². The Kier molecular flexibility index (Phi) is 6.12. The van der Waals surface area contributed by atoms with Gasteiger partial charge < -0.3 is 10.6 Å². The number of carbonyl (C=O) groups is 2. The molecule has 0 heterocycles. The van der Waals surface area contributed by atoms with Crippen molar-refractivity contribution in [1.29, 1.82) is 0 Å². The van der Waals surface area contributed by atoms with E-state index in [1.807, 2.05) is 31.2 Å². The Labute approximate surface area is 165 Å². The maximum absolute atomic E-state index is 13.4. The van der Waals surface area contributed by atoms with Crippen LogP contribution in [0.2, 0.25) is 0 Å². The molecule has 0 bridgehead atoms. The van der Waals surface area contributed by atoms with Crippen molar-refractivity contribution in [2.24, 2.45) is 0 Å². The smallest absolute Gasteiger partial charge is 0.231 e. The van der Waals surface area contributed by atoms with Crippen molar-refractivity contribution in [2.75, 3.05) is 5.32 Å². The molecule has 4 nitrogen and oxygen atoms in total. The number of nitrogens with one attached hydrogen (secondary N) is 2. The van der Waals surface area contributed by atoms with Gasteiger partial charge in [-0.3, -0.25) is 9.59 Å². The maximum atomic E-state index is 13.4. The normalized spacial score (nSPS) is 16.8. The predicted octanol–water partition coefficient (Wildman–Crippen LogP) is 4.86. The molecular weight excluding hydrogens is 355 g/mol. The quantitative estimate of drug-likeness (QED) is 0.776. The van der Waals surface area contributed by atoms with Crippen LogP contribution in [0.1, 0.15) is 63.1 Å². The van der Waals surface area contributed by atoms with Crippen LogP contribution in [-0.2, 0) is 15.0 Å². The number of halogens is 1. The molecule has 0 spiro atoms. The fourth-order valence-corrected chi connectivity index (χ4v) is 4.05. The first-order valence-corrected chi connectivity index (χ1v) is 9.85. The van der Waals surface area contributed by atoms with Gasteiger partial charge in [0.05, 0.1) is 11.5 Å². The first-order chi connectivity index (χ1) is 13.4. The molecule has 2 aromatic carbocycles. The van der Waals surface area contributed by atoms with Gasteiger partial charge in [0.15, 0.2) is 0 Å². The molecule has 0 aromatic heterocycles. The molecule has 1 atom stereocenters. The highest BCUT2D eigenvalue weighted by Gasteiger charge is 2.41. The van der Waals surface area contributed by atoms with E-state index in [2.05, 4.69) is 10.6 Å². The van der Waals surface area contributed by atoms with Crippen LogP contribution in [0.3, 0.4) is 0 Å². The zero-order valence-electron chi connectivity index (χ0n) is 16.4. The van der Waals surface area contributed by atoms with Crippen molar-refractivity contribution >= 4 is 17.5 Å². The Morgan fingerprint density at radius 1 is 0.964 bits per heavy atom. The molecule has 2 aromatic rings. The van der Waals surface area contributed by atoms with Gasteiger partial charge in [0.25, 0.3) is 0 Å². The Balaban J connectivity index is 1.83. The van der Waals surface area contributed by atoms with Gasteiger partial charge in [0.2, 0.25) is 11.8 Å². The minimum absolute atomic E-state index is 0.0105. The summed E-state index contributed by atoms with van der Waals surface area (Å²) in [7, 11) is 0. The fraction of sp³-hybridized carbons (Fsp3) is 0.391. The molecule has 1 saturated carbocycles. The summed E-state index contributed by atoms with van der Waals surface area (Å²) in [6.45, 7) is 3.39. The third-order valence-corrected chi connectivity index (χ3v) is 5.62. The Morgan fingerprint density at radius 3 is 2.14 bits per heavy atom. The highest BCUT2D eigenvalue weighted by Crippen LogP contribution is 2.40. The van der Waals surface area contributed by atoms with Crippen molar-refractivity contribution in [3.8, 4) is 0 Å². The van der Waals surface area contributed by atoms with Crippen molar-refractivity contribution in [1.82, 2.24) is 5.32 Å². The van der Waals surface area contributed by atoms with Crippen LogP contribution in [0.4, 0.5) is 10.1 Å². The predicted molar refractivity (Wildman–Crippen MR) is 108 cm³/mol. The number of carbonyl (C=O) groups excluding carboxylic acids is 2. The summed E-state index contributed by atoms with van der Waals surface area (Å²) in [6.07, 6.45) is 4.74. The average molecular weight is 382 g/mol. The van der Waals surface area contributed by atoms with Gasteiger partial charge in [0, 0.05) is 12.6 Å². The second kappa shape index (κ2) is 8.55. The highest BCUT2D eigenvalue weighted by atomic mass is 19.1. The zero-order chi connectivity index (χ0) is 20.1. The molecule has 148 valence electrons. The van der Waals surface area contributed by atoms with Crippen molar-refractivity contribution < 1.29 is 14.0 Å². The molecule has 0 unspecified atom stereocenters. The lowest BCUT2D eigenvalue weighted by molar-refractivity contribution is -0.128. The SMILES string of the molecule is CC(=O)Nc1ccc(C2(C(=O)N[C@H](C)c3ccc(F)cc3)CCCCC2)cc1. The number of hydrogen-bond acceptors (Lipinski definition) is 2. The molecule has 1 fully saturated rings. The van der Waals surface area contributed by atoms with Crippen LogP contribution < -0.4 is 10.6 Å². The lowest BCUT2D eigenvalue weighted by Gasteiger charge is -2.37. The monoisotopic (exact) mass is 382 g/mol. The van der Waals surface area contributed by atoms with Gasteiger partial charge >= 0.3 is 0 Å². The molecule has 2 N–H and O–H groups in total. The van der Waals surface area contributed by atoms with Gasteiger partial charge in [-0.2, -0.15) is 0 Å². The summed E-state index contributed by atoms with van der Waals surface area (Å²) >= 11 is 0. The van der Waals surface area contributed by atoms with Crippen molar-refractivity contribution in [3.05, 3.63) is 65.5 Å². The lowest BCUT2D eigenvalue weighted by atomic mass is 9.68. The second-order valence-electron chi connectivity index (χ2n) is 7.65. The van der Waals surface area contributed by atoms with Gasteiger partial charge in [-0.05, 0) is 55.2 Å². The number of rotatable bonds is 5. The summed E-state index contributed by atoms with van der Waals surface area (Å²) < 4.78 is 13.2. The molecule has 0 radical (unpaired) electrons. The third-order valence-electron chi connectivity index (χ3n) is 5.62. The van der Waals surface area contributed by atoms with E-state index in [4.69, 9.17) is 0 Å². The number of benzene rings is 2. The van der Waals surface area contributed by atoms with Gasteiger partial charge in [-0.15, -0.1) is 0 Å². The van der Waals surface area contributed by atoms with E-state index in [0.717, 1.165) is 48.9 Å². The Hall–Kier alpha value is -2.69. The van der Waals surface area contributed by atoms with Crippen LogP contribution in [-0.4, -0.2) is 11.8 Å². The van der Waals surface area contributed by atoms with Crippen LogP contribution in [0, 0.1) is 5.82 Å². The second-order valence-corrected chi connectivity index (χ2v) is 7.65. The number of anilines is 1. The van der Waals surface area contributed by atoms with E-state index in [0.29, 0.717) is 0 Å². The molecule has 1 aliphatic rings. The highest BCUT2D eigenvalue weighted by molar-refractivity contribution is 5.90. The molecule has 5 heteroatoms. The van der Waals surface area contributed by atoms with Gasteiger partial charge in [-0.25, -0.2) is 4.39 Å². The number of hydrogen-bond donors (Lipinski definition) is 2. The van der Waals surface area contributed by atoms with Crippen LogP contribution in [0.25, 0.3) is 0 Å². The summed E-state index contributed by atoms with van der Waals surface area (Å²) in [4.78, 5) is 24.6. The molecule has 1 aliphatic carbocycles. The summed E-state index contributed by atoms with van der Waals surface area (Å²) in [6, 6.07) is 13.6. The van der Waals surface area contributed by atoms with E-state index < -0.39 is 5.41 Å². The van der Waals surface area contributed by atoms with Crippen LogP contribution in [0.15, 0.2) is 48.5 Å². The van der Waals surface area contributed by atoms with Crippen molar-refractivity contribution in [3.63, 3.8) is 0 Å². The minimum atomic E-state index is -0.568. The van der Waals surface area contributed by atoms with E-state index >= 15 is 0 Å². The maximum Gasteiger partial charge on any atom is 0.231 e. The fourth-order valence-electron chi connectivity index (χ4n) is 4.05. The Bertz CT molecular complexity index is 825. The Morgan fingerprint density at radius 2 is 1.57 bits per heavy atom. The lowest BCUT2D eigenvalue weighted by Crippen LogP contribution is -2.46. The third kappa shape index (κ3) is 4.41. The van der Waals surface area contributed by atoms with Crippen LogP contribution in [0.5, 0.6) is 0 Å². The summed E-state index contributed by atoms with van der Waals surface area (Å²) in [5.74, 6) is -0.396. The minimum Gasteiger partial charge on any atom is -0.349 e. The summed E-state index contributed by atoms with van der Waals surface area (Å²) in [5.41, 5.74) is 2.01. The van der Waals surface area contributed by atoms with E-state index in [-0.39, 0.29) is 23.7 Å². The molecule has 3 rings (SSSR count). The van der Waals surface area contributed by atoms with Crippen LogP contribution >= 0.6 is 0 Å². The number of amides is 2. The molecule has 0 aliphatic heterocycles. The first-order valence-electron chi connectivity index (χ1n) is 9.85. The van der Waals surface area contributed by atoms with E-state index in [9.17, 15) is 14.0 Å². The topological polar surface area (TPSA) is 58.2 Å². The van der Waals surface area contributed by atoms with E-state index in [1.165, 1.54) is 19.1 Å².